The molecule has 1 saturated heterocycles. The molecule has 0 saturated carbocycles. The highest BCUT2D eigenvalue weighted by Gasteiger charge is 2.40. The Hall–Kier alpha value is -0.715. The van der Waals surface area contributed by atoms with Crippen LogP contribution in [0.4, 0.5) is 0 Å². The highest BCUT2D eigenvalue weighted by molar-refractivity contribution is 6.84. The Balaban J connectivity index is 1.68. The first-order valence-corrected chi connectivity index (χ1v) is 6.46. The van der Waals surface area contributed by atoms with Crippen molar-refractivity contribution < 1.29 is 0 Å². The molecule has 15 heavy (non-hydrogen) atoms. The summed E-state index contributed by atoms with van der Waals surface area (Å²) in [5, 5.41) is 0. The molecule has 2 rings (SSSR count). The zero-order valence-electron chi connectivity index (χ0n) is 9.78. The number of rotatable bonds is 6. The molecule has 0 spiro atoms. The first-order valence-electron chi connectivity index (χ1n) is 6.46. The second-order valence-electron chi connectivity index (χ2n) is 4.86. The second kappa shape index (κ2) is 5.39. The van der Waals surface area contributed by atoms with E-state index in [0.29, 0.717) is 0 Å². The van der Waals surface area contributed by atoms with E-state index in [1.165, 1.54) is 38.4 Å². The van der Waals surface area contributed by atoms with Gasteiger partial charge < -0.3 is 0 Å². The van der Waals surface area contributed by atoms with Gasteiger partial charge in [-0.15, -0.1) is 0 Å². The molecule has 1 aromatic carbocycles. The normalized spacial score (nSPS) is 19.3. The Kier molecular flexibility index (Phi) is 3.88. The van der Waals surface area contributed by atoms with Gasteiger partial charge >= 0.3 is 0 Å². The minimum Gasteiger partial charge on any atom is -0.0798 e. The Morgan fingerprint density at radius 1 is 1.13 bits per heavy atom. The summed E-state index contributed by atoms with van der Waals surface area (Å²) in [6.07, 6.45) is 8.56. The lowest BCUT2D eigenvalue weighted by Gasteiger charge is -1.99. The first kappa shape index (κ1) is 10.8. The number of hydrogen-bond donors (Lipinski definition) is 0. The maximum absolute atomic E-state index is 2.29. The van der Waals surface area contributed by atoms with E-state index in [9.17, 15) is 0 Å². The van der Waals surface area contributed by atoms with E-state index >= 15 is 0 Å². The zero-order chi connectivity index (χ0) is 10.5. The van der Waals surface area contributed by atoms with Crippen LogP contribution in [-0.4, -0.2) is 6.71 Å². The van der Waals surface area contributed by atoms with Crippen LogP contribution in [0, 0.1) is 0 Å². The summed E-state index contributed by atoms with van der Waals surface area (Å²) in [5.74, 6) is 1.00. The van der Waals surface area contributed by atoms with Crippen molar-refractivity contribution in [3.05, 3.63) is 30.3 Å². The summed E-state index contributed by atoms with van der Waals surface area (Å²) >= 11 is 0. The first-order chi connectivity index (χ1) is 7.42. The molecule has 0 aliphatic carbocycles. The molecule has 1 heteroatoms. The number of benzene rings is 1. The average molecular weight is 200 g/mol. The lowest BCUT2D eigenvalue weighted by Crippen LogP contribution is -2.15. The topological polar surface area (TPSA) is 0 Å². The molecule has 1 heterocycles. The van der Waals surface area contributed by atoms with Gasteiger partial charge in [0.05, 0.1) is 0 Å². The van der Waals surface area contributed by atoms with Crippen molar-refractivity contribution in [2.75, 3.05) is 0 Å². The smallest absolute Gasteiger partial charge is 0.0798 e. The third-order valence-corrected chi connectivity index (χ3v) is 3.58. The molecule has 0 nitrogen and oxygen atoms in total. The molecule has 1 aliphatic heterocycles. The zero-order valence-corrected chi connectivity index (χ0v) is 9.78. The monoisotopic (exact) mass is 200 g/mol. The second-order valence-corrected chi connectivity index (χ2v) is 4.86. The van der Waals surface area contributed by atoms with Crippen LogP contribution in [0.15, 0.2) is 30.3 Å². The molecule has 1 unspecified atom stereocenters. The molecule has 80 valence electrons. The summed E-state index contributed by atoms with van der Waals surface area (Å²) in [7, 11) is 0. The van der Waals surface area contributed by atoms with Gasteiger partial charge in [0.15, 0.2) is 6.71 Å². The predicted molar refractivity (Wildman–Crippen MR) is 69.1 cm³/mol. The molecule has 1 fully saturated rings. The van der Waals surface area contributed by atoms with Crippen molar-refractivity contribution >= 4 is 12.2 Å². The van der Waals surface area contributed by atoms with Crippen LogP contribution in [0.5, 0.6) is 0 Å². The summed E-state index contributed by atoms with van der Waals surface area (Å²) in [6, 6.07) is 11.0. The van der Waals surface area contributed by atoms with E-state index in [1.807, 2.05) is 0 Å². The van der Waals surface area contributed by atoms with E-state index in [1.54, 1.807) is 5.46 Å². The summed E-state index contributed by atoms with van der Waals surface area (Å²) in [4.78, 5) is 0. The average Bonchev–Trinajstić information content (AvgIpc) is 3.05. The van der Waals surface area contributed by atoms with Crippen LogP contribution in [0.25, 0.3) is 0 Å². The van der Waals surface area contributed by atoms with E-state index in [2.05, 4.69) is 37.3 Å². The molecular formula is C14H21B. The third-order valence-electron chi connectivity index (χ3n) is 3.58. The van der Waals surface area contributed by atoms with Gasteiger partial charge in [0.25, 0.3) is 0 Å². The molecule has 0 N–H and O–H groups in total. The van der Waals surface area contributed by atoms with Crippen LogP contribution in [0.3, 0.4) is 0 Å². The quantitative estimate of drug-likeness (QED) is 0.484. The van der Waals surface area contributed by atoms with Crippen molar-refractivity contribution in [1.29, 1.82) is 0 Å². The molecular weight excluding hydrogens is 179 g/mol. The van der Waals surface area contributed by atoms with E-state index in [0.717, 1.165) is 12.5 Å². The minimum absolute atomic E-state index is 0.896. The van der Waals surface area contributed by atoms with Gasteiger partial charge in [-0.25, -0.2) is 0 Å². The highest BCUT2D eigenvalue weighted by Crippen LogP contribution is 2.41. The lowest BCUT2D eigenvalue weighted by molar-refractivity contribution is 0.638. The maximum Gasteiger partial charge on any atom is 0.177 e. The van der Waals surface area contributed by atoms with E-state index in [-0.39, 0.29) is 0 Å². The van der Waals surface area contributed by atoms with Crippen molar-refractivity contribution in [2.24, 2.45) is 0 Å². The van der Waals surface area contributed by atoms with E-state index in [4.69, 9.17) is 0 Å². The van der Waals surface area contributed by atoms with Gasteiger partial charge in [0.2, 0.25) is 0 Å². The predicted octanol–water partition coefficient (Wildman–Crippen LogP) is 3.74. The fraction of sp³-hybridized carbons (Fsp3) is 0.571. The fourth-order valence-electron chi connectivity index (χ4n) is 2.51. The van der Waals surface area contributed by atoms with Crippen LogP contribution < -0.4 is 5.46 Å². The standard InChI is InChI=1S/C14H21B/c1-2-3-4-6-11-14-12-15(14)13-9-7-5-8-10-13/h5,7-10,14H,2-4,6,11-12H2,1H3. The Labute approximate surface area is 94.2 Å². The SMILES string of the molecule is CCCCCCC1CB1c1ccccc1. The van der Waals surface area contributed by atoms with Crippen molar-refractivity contribution in [2.45, 2.75) is 51.2 Å². The third kappa shape index (κ3) is 3.12. The van der Waals surface area contributed by atoms with Crippen molar-refractivity contribution in [1.82, 2.24) is 0 Å². The van der Waals surface area contributed by atoms with Crippen LogP contribution in [-0.2, 0) is 0 Å². The van der Waals surface area contributed by atoms with Crippen molar-refractivity contribution in [3.8, 4) is 0 Å². The highest BCUT2D eigenvalue weighted by atomic mass is 14.2. The summed E-state index contributed by atoms with van der Waals surface area (Å²) in [6.45, 7) is 3.18. The number of unbranched alkanes of at least 4 members (excludes halogenated alkanes) is 3. The van der Waals surface area contributed by atoms with Crippen LogP contribution in [0.1, 0.15) is 39.0 Å². The molecule has 1 aliphatic rings. The van der Waals surface area contributed by atoms with Gasteiger partial charge in [0, 0.05) is 0 Å². The Morgan fingerprint density at radius 2 is 1.93 bits per heavy atom. The van der Waals surface area contributed by atoms with Crippen molar-refractivity contribution in [3.63, 3.8) is 0 Å². The van der Waals surface area contributed by atoms with Gasteiger partial charge in [-0.1, -0.05) is 87.0 Å². The molecule has 0 amide bonds. The Bertz CT molecular complexity index is 281. The summed E-state index contributed by atoms with van der Waals surface area (Å²) in [5.41, 5.74) is 1.57. The van der Waals surface area contributed by atoms with Gasteiger partial charge in [-0.2, -0.15) is 0 Å². The molecule has 0 radical (unpaired) electrons. The maximum atomic E-state index is 2.29. The molecule has 0 bridgehead atoms. The van der Waals surface area contributed by atoms with Gasteiger partial charge in [0.1, 0.15) is 0 Å². The van der Waals surface area contributed by atoms with E-state index < -0.39 is 0 Å². The molecule has 0 aromatic heterocycles. The molecule has 1 aromatic rings. The van der Waals surface area contributed by atoms with Gasteiger partial charge in [-0.05, 0) is 0 Å². The van der Waals surface area contributed by atoms with Crippen LogP contribution >= 0.6 is 0 Å². The van der Waals surface area contributed by atoms with Crippen LogP contribution in [0.2, 0.25) is 12.1 Å². The minimum atomic E-state index is 0.896. The molecule has 1 atom stereocenters. The fourth-order valence-corrected chi connectivity index (χ4v) is 2.51. The largest absolute Gasteiger partial charge is 0.177 e. The van der Waals surface area contributed by atoms with Gasteiger partial charge in [-0.3, -0.25) is 0 Å². The number of hydrogen-bond acceptors (Lipinski definition) is 0. The lowest BCUT2D eigenvalue weighted by atomic mass is 9.60. The Morgan fingerprint density at radius 3 is 2.67 bits per heavy atom. The summed E-state index contributed by atoms with van der Waals surface area (Å²) < 4.78 is 0.